The molecule has 3 aliphatic carbocycles. The summed E-state index contributed by atoms with van der Waals surface area (Å²) in [5.41, 5.74) is -0.526. The number of aldehydes is 1. The van der Waals surface area contributed by atoms with Crippen LogP contribution in [0.2, 0.25) is 0 Å². The Kier molecular flexibility index (Phi) is 10.4. The van der Waals surface area contributed by atoms with Crippen molar-refractivity contribution in [2.75, 3.05) is 0 Å². The van der Waals surface area contributed by atoms with Gasteiger partial charge in [-0.3, -0.25) is 28.8 Å². The highest BCUT2D eigenvalue weighted by molar-refractivity contribution is 6.26. The Labute approximate surface area is 247 Å². The molecule has 3 aliphatic rings. The molecule has 7 atom stereocenters. The maximum atomic E-state index is 14.3. The van der Waals surface area contributed by atoms with Crippen LogP contribution in [0.15, 0.2) is 0 Å². The van der Waals surface area contributed by atoms with E-state index in [4.69, 9.17) is 0 Å². The lowest BCUT2D eigenvalue weighted by Gasteiger charge is -2.35. The number of hydrogen-bond donors (Lipinski definition) is 0. The van der Waals surface area contributed by atoms with Gasteiger partial charge in [-0.1, -0.05) is 81.6 Å². The van der Waals surface area contributed by atoms with Crippen LogP contribution in [0.5, 0.6) is 0 Å². The Morgan fingerprint density at radius 3 is 2.00 bits per heavy atom. The van der Waals surface area contributed by atoms with E-state index in [0.29, 0.717) is 25.0 Å². The quantitative estimate of drug-likeness (QED) is 0.155. The minimum atomic E-state index is -0.603. The predicted octanol–water partition coefficient (Wildman–Crippen LogP) is 6.51. The van der Waals surface area contributed by atoms with Crippen LogP contribution in [0.1, 0.15) is 114 Å². The van der Waals surface area contributed by atoms with Gasteiger partial charge in [0.25, 0.3) is 0 Å². The molecule has 0 amide bonds. The van der Waals surface area contributed by atoms with E-state index < -0.39 is 34.9 Å². The number of hydrogen-bond acceptors (Lipinski definition) is 6. The molecule has 3 saturated carbocycles. The van der Waals surface area contributed by atoms with Gasteiger partial charge in [0.15, 0.2) is 12.1 Å². The molecule has 0 aromatic heterocycles. The molecule has 3 fully saturated rings. The zero-order valence-corrected chi connectivity index (χ0v) is 27.0. The molecule has 0 spiro atoms. The van der Waals surface area contributed by atoms with Crippen LogP contribution < -0.4 is 0 Å². The molecule has 0 bridgehead atoms. The third-order valence-electron chi connectivity index (χ3n) is 11.0. The Bertz CT molecular complexity index is 1040. The smallest absolute Gasteiger partial charge is 0.198 e. The van der Waals surface area contributed by atoms with E-state index in [1.165, 1.54) is 0 Å². The predicted molar refractivity (Wildman–Crippen MR) is 159 cm³/mol. The first kappa shape index (κ1) is 33.5. The van der Waals surface area contributed by atoms with Crippen LogP contribution >= 0.6 is 0 Å². The monoisotopic (exact) mass is 570 g/mol. The average Bonchev–Trinajstić information content (AvgIpc) is 3.17. The minimum absolute atomic E-state index is 0.0221. The third-order valence-corrected chi connectivity index (χ3v) is 11.0. The lowest BCUT2D eigenvalue weighted by atomic mass is 9.67. The number of carbonyl (C=O) groups is 6. The second-order valence-corrected chi connectivity index (χ2v) is 15.9. The number of fused-ring (bicyclic) bond motifs is 1. The minimum Gasteiger partial charge on any atom is -0.300 e. The van der Waals surface area contributed by atoms with Crippen LogP contribution in [-0.4, -0.2) is 35.2 Å². The number of Topliss-reactive ketones (excluding diaryl/α,β-unsaturated/α-hetero) is 5. The molecule has 230 valence electrons. The Morgan fingerprint density at radius 1 is 0.927 bits per heavy atom. The van der Waals surface area contributed by atoms with E-state index in [2.05, 4.69) is 13.8 Å². The van der Waals surface area contributed by atoms with Crippen LogP contribution in [0, 0.1) is 70.0 Å². The van der Waals surface area contributed by atoms with Gasteiger partial charge in [-0.05, 0) is 47.3 Å². The fourth-order valence-corrected chi connectivity index (χ4v) is 7.99. The molecule has 0 aliphatic heterocycles. The molecule has 3 rings (SSSR count). The van der Waals surface area contributed by atoms with E-state index in [1.807, 2.05) is 48.5 Å². The lowest BCUT2D eigenvalue weighted by molar-refractivity contribution is -0.141. The molecule has 0 aromatic rings. The first-order valence-electron chi connectivity index (χ1n) is 16.0. The summed E-state index contributed by atoms with van der Waals surface area (Å²) in [4.78, 5) is 78.4. The van der Waals surface area contributed by atoms with Crippen molar-refractivity contribution >= 4 is 35.2 Å². The highest BCUT2D eigenvalue weighted by atomic mass is 16.2. The van der Waals surface area contributed by atoms with Crippen LogP contribution in [0.3, 0.4) is 0 Å². The van der Waals surface area contributed by atoms with E-state index in [-0.39, 0.29) is 77.4 Å². The highest BCUT2D eigenvalue weighted by Crippen LogP contribution is 2.71. The third kappa shape index (κ3) is 7.33. The summed E-state index contributed by atoms with van der Waals surface area (Å²) in [6.45, 7) is 17.8. The Hall–Kier alpha value is -1.98. The largest absolute Gasteiger partial charge is 0.300 e. The van der Waals surface area contributed by atoms with E-state index >= 15 is 0 Å². The standard InChI is InChI=1S/C35H54O6/c1-19(2)24(32(40)20(3)4)15-23(37)16-27(34(5,6)7)33(41)25-17-26-31(35(26,8)9)30(25)28(38)14-22(29(39)18-36)13-21-11-10-12-21/h18-22,24-27,30-31H,10-17H2,1-9H3. The SMILES string of the molecule is CC(C)C(=O)C(CC(=O)CC(C(=O)C1CC2C(C1C(=O)CC(CC1CCC1)C(=O)C=O)C2(C)C)C(C)(C)C)C(C)C. The molecule has 0 saturated heterocycles. The summed E-state index contributed by atoms with van der Waals surface area (Å²) in [6.07, 6.45) is 4.95. The Balaban J connectivity index is 1.81. The molecule has 6 nitrogen and oxygen atoms in total. The van der Waals surface area contributed by atoms with Gasteiger partial charge in [0.05, 0.1) is 0 Å². The molecule has 0 heterocycles. The normalized spacial score (nSPS) is 27.5. The van der Waals surface area contributed by atoms with Gasteiger partial charge in [0.2, 0.25) is 0 Å². The van der Waals surface area contributed by atoms with Crippen LogP contribution in [0.4, 0.5) is 0 Å². The van der Waals surface area contributed by atoms with Crippen molar-refractivity contribution in [1.82, 2.24) is 0 Å². The zero-order chi connectivity index (χ0) is 31.0. The summed E-state index contributed by atoms with van der Waals surface area (Å²) in [5, 5.41) is 0. The van der Waals surface area contributed by atoms with Crippen molar-refractivity contribution < 1.29 is 28.8 Å². The summed E-state index contributed by atoms with van der Waals surface area (Å²) >= 11 is 0. The summed E-state index contributed by atoms with van der Waals surface area (Å²) in [6, 6.07) is 0. The fourth-order valence-electron chi connectivity index (χ4n) is 7.99. The average molecular weight is 571 g/mol. The van der Waals surface area contributed by atoms with Gasteiger partial charge in [-0.15, -0.1) is 0 Å². The van der Waals surface area contributed by atoms with Crippen molar-refractivity contribution in [2.45, 2.75) is 114 Å². The molecule has 6 heteroatoms. The summed E-state index contributed by atoms with van der Waals surface area (Å²) in [5.74, 6) is -2.46. The Morgan fingerprint density at radius 2 is 1.54 bits per heavy atom. The van der Waals surface area contributed by atoms with E-state index in [0.717, 1.165) is 19.3 Å². The van der Waals surface area contributed by atoms with Crippen molar-refractivity contribution in [2.24, 2.45) is 70.0 Å². The van der Waals surface area contributed by atoms with Gasteiger partial charge in [-0.2, -0.15) is 0 Å². The second-order valence-electron chi connectivity index (χ2n) is 15.9. The maximum Gasteiger partial charge on any atom is 0.198 e. The molecular weight excluding hydrogens is 516 g/mol. The molecular formula is C35H54O6. The van der Waals surface area contributed by atoms with Crippen molar-refractivity contribution in [3.8, 4) is 0 Å². The lowest BCUT2D eigenvalue weighted by Crippen LogP contribution is -2.41. The zero-order valence-electron chi connectivity index (χ0n) is 27.0. The van der Waals surface area contributed by atoms with Gasteiger partial charge in [0.1, 0.15) is 23.1 Å². The maximum absolute atomic E-state index is 14.3. The summed E-state index contributed by atoms with van der Waals surface area (Å²) < 4.78 is 0. The fraction of sp³-hybridized carbons (Fsp3) is 0.829. The van der Waals surface area contributed by atoms with Gasteiger partial charge < -0.3 is 0 Å². The van der Waals surface area contributed by atoms with Crippen LogP contribution in [0.25, 0.3) is 0 Å². The van der Waals surface area contributed by atoms with Crippen molar-refractivity contribution in [3.05, 3.63) is 0 Å². The molecule has 0 aromatic carbocycles. The van der Waals surface area contributed by atoms with Crippen molar-refractivity contribution in [3.63, 3.8) is 0 Å². The first-order chi connectivity index (χ1) is 18.9. The summed E-state index contributed by atoms with van der Waals surface area (Å²) in [7, 11) is 0. The van der Waals surface area contributed by atoms with Gasteiger partial charge in [0, 0.05) is 54.8 Å². The van der Waals surface area contributed by atoms with E-state index in [9.17, 15) is 28.8 Å². The van der Waals surface area contributed by atoms with E-state index in [1.54, 1.807) is 0 Å². The highest BCUT2D eigenvalue weighted by Gasteiger charge is 2.69. The molecule has 0 radical (unpaired) electrons. The van der Waals surface area contributed by atoms with Crippen molar-refractivity contribution in [1.29, 1.82) is 0 Å². The number of rotatable bonds is 16. The first-order valence-corrected chi connectivity index (χ1v) is 16.0. The number of ketones is 5. The van der Waals surface area contributed by atoms with Crippen LogP contribution in [-0.2, 0) is 28.8 Å². The molecule has 7 unspecified atom stereocenters. The second kappa shape index (κ2) is 12.7. The van der Waals surface area contributed by atoms with Gasteiger partial charge in [-0.25, -0.2) is 0 Å². The number of carbonyl (C=O) groups excluding carboxylic acids is 6. The topological polar surface area (TPSA) is 102 Å². The molecule has 0 N–H and O–H groups in total. The van der Waals surface area contributed by atoms with Gasteiger partial charge >= 0.3 is 0 Å². The molecule has 41 heavy (non-hydrogen) atoms.